The van der Waals surface area contributed by atoms with Crippen LogP contribution in [-0.2, 0) is 6.42 Å². The third kappa shape index (κ3) is 2.91. The van der Waals surface area contributed by atoms with Crippen LogP contribution in [0.25, 0.3) is 0 Å². The first-order chi connectivity index (χ1) is 8.47. The van der Waals surface area contributed by atoms with E-state index in [0.29, 0.717) is 10.6 Å². The van der Waals surface area contributed by atoms with Crippen LogP contribution >= 0.6 is 22.9 Å². The number of thiophene rings is 1. The molecule has 4 heteroatoms. The Hall–Kier alpha value is -0.900. The first-order valence-electron chi connectivity index (χ1n) is 5.66. The first kappa shape index (κ1) is 13.5. The van der Waals surface area contributed by atoms with Crippen LogP contribution in [0.5, 0.6) is 0 Å². The molecule has 0 aliphatic rings. The zero-order valence-electron chi connectivity index (χ0n) is 10.2. The van der Waals surface area contributed by atoms with Crippen LogP contribution in [0.3, 0.4) is 0 Å². The Bertz CT molecular complexity index is 545. The number of aliphatic hydroxyl groups excluding tert-OH is 1. The fourth-order valence-electron chi connectivity index (χ4n) is 1.77. The van der Waals surface area contributed by atoms with Crippen molar-refractivity contribution in [3.05, 3.63) is 56.0 Å². The van der Waals surface area contributed by atoms with Gasteiger partial charge in [0.1, 0.15) is 5.82 Å². The number of aliphatic hydroxyl groups is 1. The predicted octanol–water partition coefficient (Wildman–Crippen LogP) is 4.43. The standard InChI is InChI=1S/C14H14ClFOS/c1-8-5-14(18-9(8)2)13(17)7-10-6-11(15)3-4-12(10)16/h3-6,13,17H,7H2,1-2H3. The van der Waals surface area contributed by atoms with Crippen LogP contribution in [0.1, 0.15) is 27.0 Å². The van der Waals surface area contributed by atoms with Crippen LogP contribution in [0, 0.1) is 19.7 Å². The SMILES string of the molecule is Cc1cc(C(O)Cc2cc(Cl)ccc2F)sc1C. The molecule has 1 atom stereocenters. The van der Waals surface area contributed by atoms with E-state index < -0.39 is 6.10 Å². The van der Waals surface area contributed by atoms with E-state index in [-0.39, 0.29) is 12.2 Å². The zero-order chi connectivity index (χ0) is 13.3. The predicted molar refractivity (Wildman–Crippen MR) is 73.9 cm³/mol. The lowest BCUT2D eigenvalue weighted by Gasteiger charge is -2.09. The van der Waals surface area contributed by atoms with Crippen molar-refractivity contribution in [3.63, 3.8) is 0 Å². The van der Waals surface area contributed by atoms with Gasteiger partial charge in [-0.15, -0.1) is 11.3 Å². The van der Waals surface area contributed by atoms with E-state index in [1.807, 2.05) is 19.9 Å². The molecule has 1 aromatic heterocycles. The van der Waals surface area contributed by atoms with E-state index in [1.54, 1.807) is 17.4 Å². The first-order valence-corrected chi connectivity index (χ1v) is 6.85. The van der Waals surface area contributed by atoms with E-state index in [2.05, 4.69) is 0 Å². The van der Waals surface area contributed by atoms with Crippen molar-refractivity contribution in [2.45, 2.75) is 26.4 Å². The lowest BCUT2D eigenvalue weighted by Crippen LogP contribution is -2.01. The number of halogens is 2. The normalized spacial score (nSPS) is 12.7. The van der Waals surface area contributed by atoms with Crippen LogP contribution in [0.4, 0.5) is 4.39 Å². The maximum Gasteiger partial charge on any atom is 0.126 e. The molecule has 0 aliphatic heterocycles. The molecule has 0 bridgehead atoms. The van der Waals surface area contributed by atoms with Crippen molar-refractivity contribution in [3.8, 4) is 0 Å². The molecule has 0 aliphatic carbocycles. The summed E-state index contributed by atoms with van der Waals surface area (Å²) in [5.74, 6) is -0.330. The van der Waals surface area contributed by atoms with Crippen molar-refractivity contribution < 1.29 is 9.50 Å². The van der Waals surface area contributed by atoms with Gasteiger partial charge < -0.3 is 5.11 Å². The molecule has 1 aromatic carbocycles. The maximum absolute atomic E-state index is 13.6. The zero-order valence-corrected chi connectivity index (χ0v) is 11.8. The molecule has 18 heavy (non-hydrogen) atoms. The molecule has 0 radical (unpaired) electrons. The molecule has 0 saturated heterocycles. The van der Waals surface area contributed by atoms with E-state index in [1.165, 1.54) is 17.0 Å². The number of aryl methyl sites for hydroxylation is 2. The van der Waals surface area contributed by atoms with Crippen molar-refractivity contribution in [1.82, 2.24) is 0 Å². The summed E-state index contributed by atoms with van der Waals surface area (Å²) in [7, 11) is 0. The van der Waals surface area contributed by atoms with Gasteiger partial charge in [0.05, 0.1) is 6.10 Å². The molecule has 1 heterocycles. The summed E-state index contributed by atoms with van der Waals surface area (Å²) in [5, 5.41) is 10.6. The van der Waals surface area contributed by atoms with Gasteiger partial charge in [0.15, 0.2) is 0 Å². The largest absolute Gasteiger partial charge is 0.387 e. The molecule has 2 aromatic rings. The Balaban J connectivity index is 2.20. The molecule has 1 nitrogen and oxygen atoms in total. The van der Waals surface area contributed by atoms with Gasteiger partial charge in [-0.3, -0.25) is 0 Å². The summed E-state index contributed by atoms with van der Waals surface area (Å²) in [6, 6.07) is 6.35. The average Bonchev–Trinajstić information content (AvgIpc) is 2.64. The van der Waals surface area contributed by atoms with Crippen LogP contribution < -0.4 is 0 Å². The summed E-state index contributed by atoms with van der Waals surface area (Å²) >= 11 is 7.38. The minimum atomic E-state index is -0.685. The lowest BCUT2D eigenvalue weighted by atomic mass is 10.1. The second kappa shape index (κ2) is 5.39. The van der Waals surface area contributed by atoms with Gasteiger partial charge in [-0.25, -0.2) is 4.39 Å². The molecule has 0 amide bonds. The number of hydrogen-bond acceptors (Lipinski definition) is 2. The molecule has 0 spiro atoms. The van der Waals surface area contributed by atoms with Crippen molar-refractivity contribution in [2.75, 3.05) is 0 Å². The molecule has 0 saturated carbocycles. The van der Waals surface area contributed by atoms with Crippen molar-refractivity contribution >= 4 is 22.9 Å². The van der Waals surface area contributed by atoms with Crippen molar-refractivity contribution in [2.24, 2.45) is 0 Å². The molecule has 0 fully saturated rings. The van der Waals surface area contributed by atoms with Gasteiger partial charge in [0, 0.05) is 21.2 Å². The minimum absolute atomic E-state index is 0.242. The second-order valence-electron chi connectivity index (χ2n) is 4.34. The highest BCUT2D eigenvalue weighted by molar-refractivity contribution is 7.12. The Morgan fingerprint density at radius 1 is 1.33 bits per heavy atom. The molecular formula is C14H14ClFOS. The number of benzene rings is 1. The highest BCUT2D eigenvalue weighted by Crippen LogP contribution is 2.29. The summed E-state index contributed by atoms with van der Waals surface area (Å²) in [6.45, 7) is 4.01. The minimum Gasteiger partial charge on any atom is -0.387 e. The fraction of sp³-hybridized carbons (Fsp3) is 0.286. The summed E-state index contributed by atoms with van der Waals surface area (Å²) in [4.78, 5) is 2.04. The lowest BCUT2D eigenvalue weighted by molar-refractivity contribution is 0.181. The van der Waals surface area contributed by atoms with Gasteiger partial charge >= 0.3 is 0 Å². The Morgan fingerprint density at radius 2 is 2.06 bits per heavy atom. The average molecular weight is 285 g/mol. The summed E-state index contributed by atoms with van der Waals surface area (Å²) in [5.41, 5.74) is 1.60. The van der Waals surface area contributed by atoms with Crippen LogP contribution in [0.15, 0.2) is 24.3 Å². The Kier molecular flexibility index (Phi) is 4.05. The van der Waals surface area contributed by atoms with Gasteiger partial charge in [0.2, 0.25) is 0 Å². The molecule has 2 rings (SSSR count). The third-order valence-electron chi connectivity index (χ3n) is 2.93. The molecule has 1 N–H and O–H groups in total. The molecule has 1 unspecified atom stereocenters. The van der Waals surface area contributed by atoms with Gasteiger partial charge in [0.25, 0.3) is 0 Å². The third-order valence-corrected chi connectivity index (χ3v) is 4.42. The highest BCUT2D eigenvalue weighted by Gasteiger charge is 2.15. The van der Waals surface area contributed by atoms with Gasteiger partial charge in [-0.2, -0.15) is 0 Å². The quantitative estimate of drug-likeness (QED) is 0.884. The Morgan fingerprint density at radius 3 is 2.67 bits per heavy atom. The smallest absolute Gasteiger partial charge is 0.126 e. The maximum atomic E-state index is 13.6. The summed E-state index contributed by atoms with van der Waals surface area (Å²) < 4.78 is 13.6. The van der Waals surface area contributed by atoms with E-state index in [0.717, 1.165) is 10.4 Å². The van der Waals surface area contributed by atoms with Gasteiger partial charge in [-0.1, -0.05) is 11.6 Å². The topological polar surface area (TPSA) is 20.2 Å². The molecular weight excluding hydrogens is 271 g/mol. The summed E-state index contributed by atoms with van der Waals surface area (Å²) in [6.07, 6.45) is -0.443. The van der Waals surface area contributed by atoms with Crippen LogP contribution in [-0.4, -0.2) is 5.11 Å². The number of rotatable bonds is 3. The van der Waals surface area contributed by atoms with Crippen molar-refractivity contribution in [1.29, 1.82) is 0 Å². The highest BCUT2D eigenvalue weighted by atomic mass is 35.5. The van der Waals surface area contributed by atoms with Gasteiger partial charge in [-0.05, 0) is 49.2 Å². The monoisotopic (exact) mass is 284 g/mol. The number of hydrogen-bond donors (Lipinski definition) is 1. The van der Waals surface area contributed by atoms with E-state index >= 15 is 0 Å². The fourth-order valence-corrected chi connectivity index (χ4v) is 3.00. The van der Waals surface area contributed by atoms with Crippen LogP contribution in [0.2, 0.25) is 5.02 Å². The molecule has 96 valence electrons. The Labute approximate surface area is 115 Å². The second-order valence-corrected chi connectivity index (χ2v) is 6.07. The van der Waals surface area contributed by atoms with E-state index in [4.69, 9.17) is 11.6 Å². The van der Waals surface area contributed by atoms with E-state index in [9.17, 15) is 9.50 Å².